The molecular formula is C33H33NO11. The van der Waals surface area contributed by atoms with E-state index < -0.39 is 30.0 Å². The molecule has 2 aromatic carbocycles. The van der Waals surface area contributed by atoms with Crippen LogP contribution >= 0.6 is 0 Å². The minimum Gasteiger partial charge on any atom is -0.494 e. The summed E-state index contributed by atoms with van der Waals surface area (Å²) < 4.78 is 31.3. The Morgan fingerprint density at radius 1 is 0.644 bits per heavy atom. The van der Waals surface area contributed by atoms with Crippen molar-refractivity contribution in [3.05, 3.63) is 109 Å². The van der Waals surface area contributed by atoms with Crippen LogP contribution in [0.25, 0.3) is 0 Å². The van der Waals surface area contributed by atoms with Crippen molar-refractivity contribution in [2.45, 2.75) is 25.7 Å². The van der Waals surface area contributed by atoms with Gasteiger partial charge in [0.1, 0.15) is 29.6 Å². The van der Waals surface area contributed by atoms with E-state index in [0.29, 0.717) is 61.7 Å². The lowest BCUT2D eigenvalue weighted by atomic mass is 10.1. The lowest BCUT2D eigenvalue weighted by Gasteiger charge is -2.15. The number of unbranched alkanes of at least 4 members (excludes halogenated alkanes) is 1. The van der Waals surface area contributed by atoms with Crippen LogP contribution in [0.4, 0.5) is 4.79 Å². The van der Waals surface area contributed by atoms with Gasteiger partial charge in [0.05, 0.1) is 30.9 Å². The zero-order valence-electron chi connectivity index (χ0n) is 24.5. The molecule has 0 bridgehead atoms. The molecule has 236 valence electrons. The highest BCUT2D eigenvalue weighted by Gasteiger charge is 2.17. The Bertz CT molecular complexity index is 1440. The molecule has 2 aromatic rings. The predicted molar refractivity (Wildman–Crippen MR) is 160 cm³/mol. The number of esters is 4. The van der Waals surface area contributed by atoms with Gasteiger partial charge in [-0.2, -0.15) is 0 Å². The molecule has 0 saturated heterocycles. The number of hydrogen-bond donors (Lipinski definition) is 1. The average Bonchev–Trinajstić information content (AvgIpc) is 3.05. The molecule has 0 fully saturated rings. The van der Waals surface area contributed by atoms with Crippen molar-refractivity contribution in [1.29, 1.82) is 0 Å². The quantitative estimate of drug-likeness (QED) is 0.117. The topological polar surface area (TPSA) is 153 Å². The molecule has 12 heteroatoms. The van der Waals surface area contributed by atoms with E-state index in [1.165, 1.54) is 24.3 Å². The van der Waals surface area contributed by atoms with Gasteiger partial charge in [-0.25, -0.2) is 24.0 Å². The minimum absolute atomic E-state index is 0.0362. The summed E-state index contributed by atoms with van der Waals surface area (Å²) in [6.07, 6.45) is 6.54. The summed E-state index contributed by atoms with van der Waals surface area (Å²) in [7, 11) is 0. The number of hydrogen-bond acceptors (Lipinski definition) is 11. The van der Waals surface area contributed by atoms with Crippen molar-refractivity contribution in [3.63, 3.8) is 0 Å². The van der Waals surface area contributed by atoms with Crippen molar-refractivity contribution >= 4 is 30.0 Å². The van der Waals surface area contributed by atoms with Crippen molar-refractivity contribution in [3.8, 4) is 11.5 Å². The fraction of sp³-hybridized carbons (Fsp3) is 0.242. The van der Waals surface area contributed by atoms with Crippen LogP contribution in [0.1, 0.15) is 46.4 Å². The Morgan fingerprint density at radius 3 is 1.64 bits per heavy atom. The maximum Gasteiger partial charge on any atom is 0.412 e. The summed E-state index contributed by atoms with van der Waals surface area (Å²) in [6.45, 7) is 7.34. The van der Waals surface area contributed by atoms with Gasteiger partial charge in [-0.1, -0.05) is 13.2 Å². The van der Waals surface area contributed by atoms with Crippen molar-refractivity contribution in [2.24, 2.45) is 0 Å². The first kappa shape index (κ1) is 33.8. The molecule has 1 aliphatic carbocycles. The van der Waals surface area contributed by atoms with E-state index in [4.69, 9.17) is 28.4 Å². The second kappa shape index (κ2) is 18.1. The maximum absolute atomic E-state index is 12.6. The molecule has 1 N–H and O–H groups in total. The van der Waals surface area contributed by atoms with E-state index in [0.717, 1.165) is 12.2 Å². The summed E-state index contributed by atoms with van der Waals surface area (Å²) in [5, 5.41) is 2.42. The third-order valence-electron chi connectivity index (χ3n) is 5.91. The first-order valence-electron chi connectivity index (χ1n) is 14.0. The third-order valence-corrected chi connectivity index (χ3v) is 5.91. The molecule has 12 nitrogen and oxygen atoms in total. The van der Waals surface area contributed by atoms with Crippen molar-refractivity contribution < 1.29 is 52.4 Å². The summed E-state index contributed by atoms with van der Waals surface area (Å²) in [5.41, 5.74) is 0.586. The number of allylic oxidation sites excluding steroid dienone is 4. The van der Waals surface area contributed by atoms with Gasteiger partial charge in [0.2, 0.25) is 0 Å². The van der Waals surface area contributed by atoms with E-state index in [2.05, 4.69) is 18.5 Å². The molecule has 1 amide bonds. The molecular weight excluding hydrogens is 586 g/mol. The standard InChI is InChI=1S/C33H33NO11/c1-3-29(35)41-21-6-5-20-40-25-11-7-23(8-12-25)31(37)43-26-15-17-27(18-16-26)44-32(38)24-9-13-28(14-10-24)45-33(39)34-19-22-42-30(36)4-2/h3-4,7-15,17H,1-2,5-6,16,18-22H2,(H,34,39). The van der Waals surface area contributed by atoms with Gasteiger partial charge in [0.25, 0.3) is 0 Å². The summed E-state index contributed by atoms with van der Waals surface area (Å²) in [6, 6.07) is 12.3. The number of rotatable bonds is 16. The van der Waals surface area contributed by atoms with Crippen molar-refractivity contribution in [1.82, 2.24) is 5.32 Å². The largest absolute Gasteiger partial charge is 0.494 e. The number of ether oxygens (including phenoxy) is 6. The van der Waals surface area contributed by atoms with E-state index in [1.54, 1.807) is 36.4 Å². The summed E-state index contributed by atoms with van der Waals surface area (Å²) in [4.78, 5) is 58.9. The first-order chi connectivity index (χ1) is 21.8. The second-order valence-electron chi connectivity index (χ2n) is 9.21. The highest BCUT2D eigenvalue weighted by atomic mass is 16.6. The Balaban J connectivity index is 1.39. The van der Waals surface area contributed by atoms with E-state index >= 15 is 0 Å². The monoisotopic (exact) mass is 619 g/mol. The lowest BCUT2D eigenvalue weighted by molar-refractivity contribution is -0.138. The zero-order valence-corrected chi connectivity index (χ0v) is 24.5. The van der Waals surface area contributed by atoms with Gasteiger partial charge < -0.3 is 33.7 Å². The summed E-state index contributed by atoms with van der Waals surface area (Å²) >= 11 is 0. The molecule has 0 spiro atoms. The van der Waals surface area contributed by atoms with Gasteiger partial charge in [-0.3, -0.25) is 0 Å². The SMILES string of the molecule is C=CC(=O)OCCCCOc1ccc(C(=O)OC2=CC=C(OC(=O)c3ccc(OC(=O)NCCOC(=O)C=C)cc3)CC2)cc1. The number of amides is 1. The smallest absolute Gasteiger partial charge is 0.412 e. The van der Waals surface area contributed by atoms with Crippen molar-refractivity contribution in [2.75, 3.05) is 26.4 Å². The predicted octanol–water partition coefficient (Wildman–Crippen LogP) is 4.97. The Labute approximate surface area is 259 Å². The molecule has 0 aliphatic heterocycles. The molecule has 3 rings (SSSR count). The number of nitrogens with one attached hydrogen (secondary N) is 1. The zero-order chi connectivity index (χ0) is 32.4. The van der Waals surface area contributed by atoms with E-state index in [1.807, 2.05) is 0 Å². The summed E-state index contributed by atoms with van der Waals surface area (Å²) in [5.74, 6) is -0.573. The van der Waals surface area contributed by atoms with Gasteiger partial charge in [0, 0.05) is 25.0 Å². The van der Waals surface area contributed by atoms with Crippen LogP contribution in [0.5, 0.6) is 11.5 Å². The lowest BCUT2D eigenvalue weighted by Crippen LogP contribution is -2.30. The molecule has 0 heterocycles. The molecule has 1 aliphatic rings. The third kappa shape index (κ3) is 12.2. The average molecular weight is 620 g/mol. The Morgan fingerprint density at radius 2 is 1.13 bits per heavy atom. The molecule has 0 unspecified atom stereocenters. The maximum atomic E-state index is 12.6. The first-order valence-corrected chi connectivity index (χ1v) is 14.0. The van der Waals surface area contributed by atoms with Gasteiger partial charge in [0.15, 0.2) is 0 Å². The van der Waals surface area contributed by atoms with Gasteiger partial charge >= 0.3 is 30.0 Å². The van der Waals surface area contributed by atoms with Gasteiger partial charge in [-0.05, 0) is 73.5 Å². The van der Waals surface area contributed by atoms with Crippen LogP contribution in [-0.2, 0) is 28.5 Å². The minimum atomic E-state index is -0.754. The molecule has 0 aromatic heterocycles. The molecule has 0 saturated carbocycles. The van der Waals surface area contributed by atoms with Crippen LogP contribution in [0.15, 0.2) is 97.5 Å². The van der Waals surface area contributed by atoms with Crippen LogP contribution in [0.3, 0.4) is 0 Å². The molecule has 45 heavy (non-hydrogen) atoms. The van der Waals surface area contributed by atoms with Crippen LogP contribution < -0.4 is 14.8 Å². The second-order valence-corrected chi connectivity index (χ2v) is 9.21. The number of carbonyl (C=O) groups is 5. The fourth-order valence-corrected chi connectivity index (χ4v) is 3.60. The van der Waals surface area contributed by atoms with E-state index in [9.17, 15) is 24.0 Å². The van der Waals surface area contributed by atoms with E-state index in [-0.39, 0.29) is 24.5 Å². The van der Waals surface area contributed by atoms with Gasteiger partial charge in [-0.15, -0.1) is 0 Å². The van der Waals surface area contributed by atoms with Crippen LogP contribution in [-0.4, -0.2) is 56.3 Å². The van der Waals surface area contributed by atoms with Crippen LogP contribution in [0, 0.1) is 0 Å². The number of carbonyl (C=O) groups excluding carboxylic acids is 5. The molecule has 0 radical (unpaired) electrons. The normalized spacial score (nSPS) is 11.9. The molecule has 0 atom stereocenters. The highest BCUT2D eigenvalue weighted by Crippen LogP contribution is 2.23. The number of benzene rings is 2. The van der Waals surface area contributed by atoms with Crippen LogP contribution in [0.2, 0.25) is 0 Å². The highest BCUT2D eigenvalue weighted by molar-refractivity contribution is 5.91. The Hall–Kier alpha value is -5.65. The fourth-order valence-electron chi connectivity index (χ4n) is 3.60. The Kier molecular flexibility index (Phi) is 13.6.